The minimum atomic E-state index is -4.79. The number of nitrogens with one attached hydrogen (secondary N) is 1. The van der Waals surface area contributed by atoms with E-state index < -0.39 is 12.1 Å². The Bertz CT molecular complexity index is 1270. The molecule has 1 aliphatic rings. The second-order valence-corrected chi connectivity index (χ2v) is 8.27. The van der Waals surface area contributed by atoms with Crippen LogP contribution in [0, 0.1) is 18.3 Å². The molecule has 1 aromatic heterocycles. The van der Waals surface area contributed by atoms with Crippen LogP contribution in [0.1, 0.15) is 36.2 Å². The van der Waals surface area contributed by atoms with E-state index in [2.05, 4.69) is 21.1 Å². The van der Waals surface area contributed by atoms with Gasteiger partial charge in [-0.2, -0.15) is 5.26 Å². The summed E-state index contributed by atoms with van der Waals surface area (Å²) in [5.74, 6) is -0.365. The fourth-order valence-electron chi connectivity index (χ4n) is 3.70. The standard InChI is InChI=1S/C25H22F3N3O3/c1-15-23-22(14-32-24(2,3)34-23)18(12-30-15)13-31-19-7-8-21(17(9-19)11-29)16-5-4-6-20(10-16)33-25(26,27)28/h4-10,12,31H,13-14H2,1-3H3. The first-order valence-corrected chi connectivity index (χ1v) is 10.5. The van der Waals surface area contributed by atoms with E-state index in [9.17, 15) is 18.4 Å². The van der Waals surface area contributed by atoms with Crippen molar-refractivity contribution < 1.29 is 27.4 Å². The number of alkyl halides is 3. The number of aryl methyl sites for hydroxylation is 1. The molecular weight excluding hydrogens is 447 g/mol. The lowest BCUT2D eigenvalue weighted by Crippen LogP contribution is -2.36. The number of fused-ring (bicyclic) bond motifs is 1. The molecule has 1 N–H and O–H groups in total. The summed E-state index contributed by atoms with van der Waals surface area (Å²) in [5.41, 5.74) is 4.52. The molecule has 2 heterocycles. The highest BCUT2D eigenvalue weighted by Crippen LogP contribution is 2.36. The Morgan fingerprint density at radius 2 is 2.00 bits per heavy atom. The second kappa shape index (κ2) is 8.88. The molecule has 4 rings (SSSR count). The maximum absolute atomic E-state index is 12.6. The van der Waals surface area contributed by atoms with Gasteiger partial charge >= 0.3 is 6.36 Å². The first-order chi connectivity index (χ1) is 16.0. The number of halogens is 3. The van der Waals surface area contributed by atoms with Gasteiger partial charge in [-0.1, -0.05) is 18.2 Å². The summed E-state index contributed by atoms with van der Waals surface area (Å²) in [4.78, 5) is 4.43. The van der Waals surface area contributed by atoms with Crippen LogP contribution in [0.4, 0.5) is 18.9 Å². The molecule has 0 aliphatic carbocycles. The molecule has 0 spiro atoms. The third kappa shape index (κ3) is 5.24. The SMILES string of the molecule is Cc1ncc(CNc2ccc(-c3cccc(OC(F)(F)F)c3)c(C#N)c2)c2c1OC(C)(C)OC2. The van der Waals surface area contributed by atoms with Crippen LogP contribution in [0.5, 0.6) is 11.5 Å². The van der Waals surface area contributed by atoms with Crippen LogP contribution < -0.4 is 14.8 Å². The molecule has 2 aromatic carbocycles. The van der Waals surface area contributed by atoms with Gasteiger partial charge in [0.15, 0.2) is 0 Å². The quantitative estimate of drug-likeness (QED) is 0.488. The maximum atomic E-state index is 12.6. The number of rotatable bonds is 5. The molecule has 176 valence electrons. The van der Waals surface area contributed by atoms with Crippen molar-refractivity contribution in [3.05, 3.63) is 71.0 Å². The van der Waals surface area contributed by atoms with Crippen molar-refractivity contribution in [1.29, 1.82) is 5.26 Å². The summed E-state index contributed by atoms with van der Waals surface area (Å²) in [6.07, 6.45) is -3.03. The van der Waals surface area contributed by atoms with Gasteiger partial charge in [0.25, 0.3) is 0 Å². The maximum Gasteiger partial charge on any atom is 0.573 e. The molecule has 1 aliphatic heterocycles. The zero-order chi connectivity index (χ0) is 24.5. The lowest BCUT2D eigenvalue weighted by Gasteiger charge is -2.34. The highest BCUT2D eigenvalue weighted by atomic mass is 19.4. The normalized spacial score (nSPS) is 14.5. The largest absolute Gasteiger partial charge is 0.573 e. The van der Waals surface area contributed by atoms with Crippen molar-refractivity contribution >= 4 is 5.69 Å². The minimum Gasteiger partial charge on any atom is -0.461 e. The number of anilines is 1. The highest BCUT2D eigenvalue weighted by Gasteiger charge is 2.31. The van der Waals surface area contributed by atoms with Crippen LogP contribution in [-0.2, 0) is 17.9 Å². The smallest absolute Gasteiger partial charge is 0.461 e. The Morgan fingerprint density at radius 1 is 1.21 bits per heavy atom. The van der Waals surface area contributed by atoms with E-state index in [0.717, 1.165) is 16.8 Å². The number of hydrogen-bond donors (Lipinski definition) is 1. The van der Waals surface area contributed by atoms with Crippen LogP contribution in [0.15, 0.2) is 48.7 Å². The molecule has 6 nitrogen and oxygen atoms in total. The first-order valence-electron chi connectivity index (χ1n) is 10.5. The minimum absolute atomic E-state index is 0.312. The fraction of sp³-hybridized carbons (Fsp3) is 0.280. The summed E-state index contributed by atoms with van der Waals surface area (Å²) in [5, 5.41) is 12.9. The number of benzene rings is 2. The van der Waals surface area contributed by atoms with Gasteiger partial charge in [0, 0.05) is 37.8 Å². The van der Waals surface area contributed by atoms with E-state index in [0.29, 0.717) is 41.3 Å². The molecule has 0 unspecified atom stereocenters. The van der Waals surface area contributed by atoms with Crippen LogP contribution in [-0.4, -0.2) is 17.1 Å². The number of nitriles is 1. The molecule has 0 radical (unpaired) electrons. The van der Waals surface area contributed by atoms with E-state index in [1.807, 2.05) is 20.8 Å². The number of nitrogens with zero attached hydrogens (tertiary/aromatic N) is 2. The predicted octanol–water partition coefficient (Wildman–Crippen LogP) is 6.08. The summed E-state index contributed by atoms with van der Waals surface area (Å²) in [6.45, 7) is 6.37. The summed E-state index contributed by atoms with van der Waals surface area (Å²) in [6, 6.07) is 12.7. The highest BCUT2D eigenvalue weighted by molar-refractivity contribution is 5.74. The Balaban J connectivity index is 1.55. The number of ether oxygens (including phenoxy) is 3. The van der Waals surface area contributed by atoms with E-state index in [1.165, 1.54) is 18.2 Å². The van der Waals surface area contributed by atoms with E-state index in [4.69, 9.17) is 9.47 Å². The molecule has 9 heteroatoms. The fourth-order valence-corrected chi connectivity index (χ4v) is 3.70. The Hall–Kier alpha value is -3.77. The number of hydrogen-bond acceptors (Lipinski definition) is 6. The van der Waals surface area contributed by atoms with Crippen LogP contribution in [0.2, 0.25) is 0 Å². The second-order valence-electron chi connectivity index (χ2n) is 8.27. The van der Waals surface area contributed by atoms with E-state index in [-0.39, 0.29) is 5.75 Å². The molecule has 0 atom stereocenters. The average Bonchev–Trinajstić information content (AvgIpc) is 2.77. The average molecular weight is 469 g/mol. The van der Waals surface area contributed by atoms with E-state index in [1.54, 1.807) is 30.5 Å². The third-order valence-electron chi connectivity index (χ3n) is 5.32. The van der Waals surface area contributed by atoms with Crippen molar-refractivity contribution in [2.75, 3.05) is 5.32 Å². The van der Waals surface area contributed by atoms with Crippen molar-refractivity contribution in [2.45, 2.75) is 46.1 Å². The topological polar surface area (TPSA) is 76.4 Å². The molecule has 0 saturated carbocycles. The van der Waals surface area contributed by atoms with Crippen molar-refractivity contribution in [1.82, 2.24) is 4.98 Å². The Kier molecular flexibility index (Phi) is 6.11. The number of aromatic nitrogens is 1. The molecule has 0 bridgehead atoms. The number of pyridine rings is 1. The lowest BCUT2D eigenvalue weighted by atomic mass is 9.99. The molecule has 0 fully saturated rings. The van der Waals surface area contributed by atoms with Gasteiger partial charge in [0.1, 0.15) is 11.5 Å². The van der Waals surface area contributed by atoms with Crippen LogP contribution in [0.3, 0.4) is 0 Å². The van der Waals surface area contributed by atoms with Gasteiger partial charge in [-0.3, -0.25) is 4.98 Å². The van der Waals surface area contributed by atoms with Gasteiger partial charge in [-0.25, -0.2) is 0 Å². The molecule has 0 saturated heterocycles. The summed E-state index contributed by atoms with van der Waals surface area (Å²) < 4.78 is 53.4. The van der Waals surface area contributed by atoms with Crippen molar-refractivity contribution in [3.63, 3.8) is 0 Å². The van der Waals surface area contributed by atoms with Crippen LogP contribution >= 0.6 is 0 Å². The zero-order valence-electron chi connectivity index (χ0n) is 18.8. The van der Waals surface area contributed by atoms with Gasteiger partial charge in [-0.05, 0) is 47.9 Å². The first kappa shape index (κ1) is 23.4. The van der Waals surface area contributed by atoms with Gasteiger partial charge < -0.3 is 19.5 Å². The van der Waals surface area contributed by atoms with Gasteiger partial charge in [0.2, 0.25) is 5.79 Å². The molecule has 34 heavy (non-hydrogen) atoms. The molecule has 3 aromatic rings. The summed E-state index contributed by atoms with van der Waals surface area (Å²) in [7, 11) is 0. The van der Waals surface area contributed by atoms with Crippen molar-refractivity contribution in [3.8, 4) is 28.7 Å². The van der Waals surface area contributed by atoms with E-state index >= 15 is 0 Å². The summed E-state index contributed by atoms with van der Waals surface area (Å²) >= 11 is 0. The van der Waals surface area contributed by atoms with Gasteiger partial charge in [-0.15, -0.1) is 13.2 Å². The zero-order valence-corrected chi connectivity index (χ0v) is 18.8. The van der Waals surface area contributed by atoms with Crippen LogP contribution in [0.25, 0.3) is 11.1 Å². The Morgan fingerprint density at radius 3 is 2.74 bits per heavy atom. The monoisotopic (exact) mass is 469 g/mol. The van der Waals surface area contributed by atoms with Crippen molar-refractivity contribution in [2.24, 2.45) is 0 Å². The lowest BCUT2D eigenvalue weighted by molar-refractivity contribution is -0.274. The van der Waals surface area contributed by atoms with Gasteiger partial charge in [0.05, 0.1) is 23.9 Å². The molecule has 0 amide bonds. The predicted molar refractivity (Wildman–Crippen MR) is 119 cm³/mol. The molecular formula is C25H22F3N3O3. The Labute approximate surface area is 194 Å². The third-order valence-corrected chi connectivity index (χ3v) is 5.32.